The highest BCUT2D eigenvalue weighted by atomic mass is 32.1. The Labute approximate surface area is 111 Å². The van der Waals surface area contributed by atoms with Crippen LogP contribution in [0.5, 0.6) is 5.88 Å². The summed E-state index contributed by atoms with van der Waals surface area (Å²) in [5.74, 6) is 2.14. The fourth-order valence-corrected chi connectivity index (χ4v) is 2.44. The lowest BCUT2D eigenvalue weighted by Crippen LogP contribution is -2.04. The van der Waals surface area contributed by atoms with Crippen LogP contribution in [-0.2, 0) is 6.54 Å². The first-order valence-corrected chi connectivity index (χ1v) is 6.76. The van der Waals surface area contributed by atoms with Gasteiger partial charge in [0.25, 0.3) is 0 Å². The molecule has 2 rings (SSSR count). The molecule has 0 radical (unpaired) electrons. The Bertz CT molecular complexity index is 525. The number of thiophene rings is 1. The molecule has 2 heterocycles. The third kappa shape index (κ3) is 3.43. The molecule has 0 aliphatic rings. The van der Waals surface area contributed by atoms with Gasteiger partial charge in [0, 0.05) is 15.8 Å². The van der Waals surface area contributed by atoms with Crippen molar-refractivity contribution in [3.63, 3.8) is 0 Å². The van der Waals surface area contributed by atoms with Gasteiger partial charge in [0.05, 0.1) is 13.2 Å². The van der Waals surface area contributed by atoms with Gasteiger partial charge in [0.1, 0.15) is 11.6 Å². The summed E-state index contributed by atoms with van der Waals surface area (Å²) in [5, 5.41) is 3.29. The van der Waals surface area contributed by atoms with Gasteiger partial charge in [-0.25, -0.2) is 4.98 Å². The highest BCUT2D eigenvalue weighted by Gasteiger charge is 2.03. The zero-order valence-corrected chi connectivity index (χ0v) is 11.7. The first kappa shape index (κ1) is 12.8. The van der Waals surface area contributed by atoms with Crippen molar-refractivity contribution in [2.75, 3.05) is 11.9 Å². The number of ether oxygens (including phenoxy) is 1. The fraction of sp³-hybridized carbons (Fsp3) is 0.385. The maximum atomic E-state index is 5.39. The van der Waals surface area contributed by atoms with Crippen LogP contribution in [0, 0.1) is 13.8 Å². The molecule has 0 amide bonds. The van der Waals surface area contributed by atoms with Crippen LogP contribution in [0.25, 0.3) is 0 Å². The van der Waals surface area contributed by atoms with Crippen molar-refractivity contribution >= 4 is 17.2 Å². The molecule has 4 nitrogen and oxygen atoms in total. The third-order valence-corrected chi connectivity index (χ3v) is 3.35. The molecule has 2 aromatic rings. The predicted molar refractivity (Wildman–Crippen MR) is 74.3 cm³/mol. The number of aryl methyl sites for hydroxylation is 2. The minimum absolute atomic E-state index is 0.611. The van der Waals surface area contributed by atoms with E-state index in [0.29, 0.717) is 18.3 Å². The Hall–Kier alpha value is -1.62. The summed E-state index contributed by atoms with van der Waals surface area (Å²) in [6, 6.07) is 6.08. The van der Waals surface area contributed by atoms with Gasteiger partial charge in [-0.3, -0.25) is 0 Å². The van der Waals surface area contributed by atoms with Crippen molar-refractivity contribution in [3.05, 3.63) is 33.8 Å². The maximum absolute atomic E-state index is 5.39. The summed E-state index contributed by atoms with van der Waals surface area (Å²) >= 11 is 1.79. The van der Waals surface area contributed by atoms with Gasteiger partial charge >= 0.3 is 0 Å². The Balaban J connectivity index is 2.04. The van der Waals surface area contributed by atoms with E-state index in [4.69, 9.17) is 4.74 Å². The highest BCUT2D eigenvalue weighted by molar-refractivity contribution is 7.11. The number of hydrogen-bond donors (Lipinski definition) is 1. The van der Waals surface area contributed by atoms with E-state index in [9.17, 15) is 0 Å². The van der Waals surface area contributed by atoms with Gasteiger partial charge in [-0.15, -0.1) is 11.3 Å². The molecule has 96 valence electrons. The predicted octanol–water partition coefficient (Wildman–Crippen LogP) is 3.17. The quantitative estimate of drug-likeness (QED) is 0.900. The average molecular weight is 263 g/mol. The van der Waals surface area contributed by atoms with Crippen LogP contribution in [0.2, 0.25) is 0 Å². The summed E-state index contributed by atoms with van der Waals surface area (Å²) in [6.07, 6.45) is 0. The van der Waals surface area contributed by atoms with Gasteiger partial charge in [-0.05, 0) is 32.9 Å². The van der Waals surface area contributed by atoms with Crippen LogP contribution in [0.4, 0.5) is 5.82 Å². The Morgan fingerprint density at radius 1 is 1.28 bits per heavy atom. The van der Waals surface area contributed by atoms with Gasteiger partial charge in [-0.2, -0.15) is 4.98 Å². The highest BCUT2D eigenvalue weighted by Crippen LogP contribution is 2.18. The molecular weight excluding hydrogens is 246 g/mol. The second-order valence-electron chi connectivity index (χ2n) is 3.94. The van der Waals surface area contributed by atoms with Crippen LogP contribution in [0.15, 0.2) is 18.2 Å². The van der Waals surface area contributed by atoms with E-state index in [1.165, 1.54) is 9.75 Å². The van der Waals surface area contributed by atoms with Gasteiger partial charge < -0.3 is 10.1 Å². The summed E-state index contributed by atoms with van der Waals surface area (Å²) < 4.78 is 5.39. The zero-order valence-electron chi connectivity index (χ0n) is 10.9. The van der Waals surface area contributed by atoms with Crippen molar-refractivity contribution in [2.24, 2.45) is 0 Å². The van der Waals surface area contributed by atoms with E-state index in [1.807, 2.05) is 19.9 Å². The Morgan fingerprint density at radius 3 is 2.78 bits per heavy atom. The largest absolute Gasteiger partial charge is 0.478 e. The minimum Gasteiger partial charge on any atom is -0.478 e. The number of nitrogens with one attached hydrogen (secondary N) is 1. The average Bonchev–Trinajstić information content (AvgIpc) is 2.72. The lowest BCUT2D eigenvalue weighted by molar-refractivity contribution is 0.325. The zero-order chi connectivity index (χ0) is 13.0. The van der Waals surface area contributed by atoms with Crippen molar-refractivity contribution < 1.29 is 4.74 Å². The Kier molecular flexibility index (Phi) is 4.15. The van der Waals surface area contributed by atoms with Crippen LogP contribution in [0.3, 0.4) is 0 Å². The lowest BCUT2D eigenvalue weighted by atomic mass is 10.4. The molecule has 0 saturated carbocycles. The topological polar surface area (TPSA) is 47.0 Å². The molecule has 0 aliphatic heterocycles. The van der Waals surface area contributed by atoms with E-state index in [1.54, 1.807) is 11.3 Å². The molecule has 0 saturated heterocycles. The maximum Gasteiger partial charge on any atom is 0.218 e. The molecule has 0 unspecified atom stereocenters. The number of anilines is 1. The van der Waals surface area contributed by atoms with Gasteiger partial charge in [0.2, 0.25) is 5.88 Å². The summed E-state index contributed by atoms with van der Waals surface area (Å²) in [4.78, 5) is 11.2. The molecule has 18 heavy (non-hydrogen) atoms. The molecule has 5 heteroatoms. The second kappa shape index (κ2) is 5.82. The van der Waals surface area contributed by atoms with Crippen LogP contribution < -0.4 is 10.1 Å². The van der Waals surface area contributed by atoms with E-state index >= 15 is 0 Å². The smallest absolute Gasteiger partial charge is 0.218 e. The standard InChI is InChI=1S/C13H17N3OS/c1-4-17-13-7-12(15-10(3)16-13)14-8-11-6-5-9(2)18-11/h5-7H,4,8H2,1-3H3,(H,14,15,16). The normalized spacial score (nSPS) is 10.4. The molecule has 0 atom stereocenters. The van der Waals surface area contributed by atoms with Crippen molar-refractivity contribution in [2.45, 2.75) is 27.3 Å². The van der Waals surface area contributed by atoms with Gasteiger partial charge in [-0.1, -0.05) is 0 Å². The molecule has 0 aliphatic carbocycles. The Morgan fingerprint density at radius 2 is 2.11 bits per heavy atom. The molecule has 0 bridgehead atoms. The van der Waals surface area contributed by atoms with E-state index in [2.05, 4.69) is 34.3 Å². The number of rotatable bonds is 5. The molecule has 0 spiro atoms. The molecule has 1 N–H and O–H groups in total. The fourth-order valence-electron chi connectivity index (χ4n) is 1.61. The second-order valence-corrected chi connectivity index (χ2v) is 5.31. The first-order chi connectivity index (χ1) is 8.67. The van der Waals surface area contributed by atoms with Crippen molar-refractivity contribution in [1.82, 2.24) is 9.97 Å². The minimum atomic E-state index is 0.611. The van der Waals surface area contributed by atoms with E-state index in [0.717, 1.165) is 12.4 Å². The number of hydrogen-bond acceptors (Lipinski definition) is 5. The molecular formula is C13H17N3OS. The lowest BCUT2D eigenvalue weighted by Gasteiger charge is -2.07. The SMILES string of the molecule is CCOc1cc(NCc2ccc(C)s2)nc(C)n1. The summed E-state index contributed by atoms with van der Waals surface area (Å²) in [6.45, 7) is 7.30. The molecule has 0 fully saturated rings. The third-order valence-electron chi connectivity index (χ3n) is 2.35. The summed E-state index contributed by atoms with van der Waals surface area (Å²) in [5.41, 5.74) is 0. The van der Waals surface area contributed by atoms with Gasteiger partial charge in [0.15, 0.2) is 0 Å². The monoisotopic (exact) mass is 263 g/mol. The van der Waals surface area contributed by atoms with Crippen molar-refractivity contribution in [3.8, 4) is 5.88 Å². The first-order valence-electron chi connectivity index (χ1n) is 5.95. The molecule has 0 aromatic carbocycles. The number of nitrogens with zero attached hydrogens (tertiary/aromatic N) is 2. The number of aromatic nitrogens is 2. The van der Waals surface area contributed by atoms with Crippen molar-refractivity contribution in [1.29, 1.82) is 0 Å². The van der Waals surface area contributed by atoms with Crippen LogP contribution in [0.1, 0.15) is 22.5 Å². The van der Waals surface area contributed by atoms with Crippen LogP contribution >= 0.6 is 11.3 Å². The van der Waals surface area contributed by atoms with E-state index in [-0.39, 0.29) is 0 Å². The molecule has 2 aromatic heterocycles. The summed E-state index contributed by atoms with van der Waals surface area (Å²) in [7, 11) is 0. The van der Waals surface area contributed by atoms with E-state index < -0.39 is 0 Å². The van der Waals surface area contributed by atoms with Crippen LogP contribution in [-0.4, -0.2) is 16.6 Å².